The van der Waals surface area contributed by atoms with Gasteiger partial charge in [-0.05, 0) is 86.0 Å². The zero-order chi connectivity index (χ0) is 22.1. The van der Waals surface area contributed by atoms with E-state index in [-0.39, 0.29) is 23.2 Å². The van der Waals surface area contributed by atoms with E-state index < -0.39 is 6.10 Å². The normalized spacial score (nSPS) is 36.9. The van der Waals surface area contributed by atoms with E-state index in [1.807, 2.05) is 13.8 Å². The predicted molar refractivity (Wildman–Crippen MR) is 123 cm³/mol. The summed E-state index contributed by atoms with van der Waals surface area (Å²) in [5.74, 6) is 1.43. The summed E-state index contributed by atoms with van der Waals surface area (Å²) in [6.45, 7) is 12.7. The molecule has 3 aliphatic carbocycles. The molecule has 0 radical (unpaired) electrons. The van der Waals surface area contributed by atoms with E-state index in [0.29, 0.717) is 24.2 Å². The predicted octanol–water partition coefficient (Wildman–Crippen LogP) is 5.77. The molecule has 3 rings (SSSR count). The Hall–Kier alpha value is -1.19. The Morgan fingerprint density at radius 3 is 2.63 bits per heavy atom. The summed E-state index contributed by atoms with van der Waals surface area (Å²) >= 11 is 0. The Morgan fingerprint density at radius 2 is 1.93 bits per heavy atom. The summed E-state index contributed by atoms with van der Waals surface area (Å²) in [5.41, 5.74) is 4.18. The van der Waals surface area contributed by atoms with Crippen molar-refractivity contribution in [2.24, 2.45) is 29.1 Å². The van der Waals surface area contributed by atoms with Gasteiger partial charge in [-0.15, -0.1) is 0 Å². The number of aliphatic hydroxyl groups excluding tert-OH is 2. The number of carbonyl (C=O) groups excluding carboxylic acids is 1. The molecule has 0 saturated heterocycles. The van der Waals surface area contributed by atoms with Crippen LogP contribution in [0.4, 0.5) is 0 Å². The van der Waals surface area contributed by atoms with E-state index in [1.165, 1.54) is 36.8 Å². The topological polar surface area (TPSA) is 57.5 Å². The maximum absolute atomic E-state index is 12.5. The van der Waals surface area contributed by atoms with Gasteiger partial charge in [-0.2, -0.15) is 0 Å². The van der Waals surface area contributed by atoms with Crippen LogP contribution in [-0.2, 0) is 4.79 Å². The molecule has 0 heterocycles. The van der Waals surface area contributed by atoms with E-state index >= 15 is 0 Å². The van der Waals surface area contributed by atoms with E-state index in [9.17, 15) is 15.0 Å². The van der Waals surface area contributed by atoms with Crippen LogP contribution < -0.4 is 0 Å². The summed E-state index contributed by atoms with van der Waals surface area (Å²) in [4.78, 5) is 12.5. The van der Waals surface area contributed by atoms with Crippen molar-refractivity contribution in [2.45, 2.75) is 97.7 Å². The van der Waals surface area contributed by atoms with Crippen LogP contribution in [0.3, 0.4) is 0 Å². The molecule has 2 N–H and O–H groups in total. The quantitative estimate of drug-likeness (QED) is 0.580. The van der Waals surface area contributed by atoms with Crippen molar-refractivity contribution < 1.29 is 15.0 Å². The highest BCUT2D eigenvalue weighted by Crippen LogP contribution is 2.59. The molecule has 0 amide bonds. The second-order valence-corrected chi connectivity index (χ2v) is 10.9. The molecule has 3 nitrogen and oxygen atoms in total. The fourth-order valence-electron chi connectivity index (χ4n) is 6.56. The number of rotatable bonds is 6. The number of hydrogen-bond donors (Lipinski definition) is 2. The number of carbonyl (C=O) groups is 1. The Morgan fingerprint density at radius 1 is 1.20 bits per heavy atom. The van der Waals surface area contributed by atoms with Crippen molar-refractivity contribution in [3.63, 3.8) is 0 Å². The molecule has 0 aromatic carbocycles. The summed E-state index contributed by atoms with van der Waals surface area (Å²) < 4.78 is 0. The highest BCUT2D eigenvalue weighted by Gasteiger charge is 2.50. The third kappa shape index (κ3) is 4.83. The Balaban J connectivity index is 1.73. The average Bonchev–Trinajstić information content (AvgIpc) is 3.05. The molecule has 30 heavy (non-hydrogen) atoms. The Labute approximate surface area is 183 Å². The van der Waals surface area contributed by atoms with Gasteiger partial charge in [-0.25, -0.2) is 0 Å². The number of allylic oxidation sites excluding steroid dienone is 4. The maximum atomic E-state index is 12.5. The molecule has 0 spiro atoms. The van der Waals surface area contributed by atoms with Crippen LogP contribution in [-0.4, -0.2) is 28.2 Å². The van der Waals surface area contributed by atoms with Crippen LogP contribution in [0.15, 0.2) is 35.5 Å². The zero-order valence-electron chi connectivity index (χ0n) is 19.5. The van der Waals surface area contributed by atoms with Gasteiger partial charge in [-0.3, -0.25) is 4.79 Å². The van der Waals surface area contributed by atoms with Crippen LogP contribution in [0, 0.1) is 29.1 Å². The lowest BCUT2D eigenvalue weighted by Crippen LogP contribution is -2.37. The second kappa shape index (κ2) is 9.53. The molecule has 0 bridgehead atoms. The second-order valence-electron chi connectivity index (χ2n) is 10.9. The number of hydrogen-bond acceptors (Lipinski definition) is 3. The summed E-state index contributed by atoms with van der Waals surface area (Å²) in [7, 11) is 0. The standard InChI is InChI=1S/C27H42O3/c1-17(2)26(30)25(29)15-19(4)23-12-13-24-20(7-6-14-27(23,24)5)9-10-21-16-22(28)11-8-18(21)3/h9-10,17,19,22-24,26,28,30H,3,6-8,11-16H2,1-2,4-5H3/b20-9?,21-10-/t19-,22+,23-,24?,26?,27-/m1/s1. The Kier molecular flexibility index (Phi) is 7.45. The van der Waals surface area contributed by atoms with E-state index in [0.717, 1.165) is 25.7 Å². The largest absolute Gasteiger partial charge is 0.393 e. The van der Waals surface area contributed by atoms with E-state index in [2.05, 4.69) is 32.6 Å². The molecule has 3 aliphatic rings. The molecule has 0 aromatic heterocycles. The van der Waals surface area contributed by atoms with Gasteiger partial charge in [0.15, 0.2) is 5.78 Å². The van der Waals surface area contributed by atoms with Crippen molar-refractivity contribution in [3.8, 4) is 0 Å². The SMILES string of the molecule is C=C1CC[C@H](O)C/C1=C/C=C1CCC[C@@]2(C)C1CC[C@@H]2[C@H](C)CC(=O)C(O)C(C)C. The van der Waals surface area contributed by atoms with Crippen molar-refractivity contribution in [1.29, 1.82) is 0 Å². The molecular formula is C27H42O3. The van der Waals surface area contributed by atoms with Gasteiger partial charge in [0.25, 0.3) is 0 Å². The van der Waals surface area contributed by atoms with Gasteiger partial charge < -0.3 is 10.2 Å². The highest BCUT2D eigenvalue weighted by atomic mass is 16.3. The number of aliphatic hydroxyl groups is 2. The van der Waals surface area contributed by atoms with Crippen LogP contribution in [0.5, 0.6) is 0 Å². The highest BCUT2D eigenvalue weighted by molar-refractivity contribution is 5.83. The number of ketones is 1. The van der Waals surface area contributed by atoms with Crippen LogP contribution in [0.2, 0.25) is 0 Å². The summed E-state index contributed by atoms with van der Waals surface area (Å²) in [5, 5.41) is 20.2. The lowest BCUT2D eigenvalue weighted by atomic mass is 9.60. The third-order valence-electron chi connectivity index (χ3n) is 8.40. The molecule has 3 heteroatoms. The fourth-order valence-corrected chi connectivity index (χ4v) is 6.56. The summed E-state index contributed by atoms with van der Waals surface area (Å²) in [6, 6.07) is 0. The number of fused-ring (bicyclic) bond motifs is 1. The molecule has 0 aliphatic heterocycles. The van der Waals surface area contributed by atoms with Crippen LogP contribution in [0.1, 0.15) is 85.5 Å². The minimum Gasteiger partial charge on any atom is -0.393 e. The van der Waals surface area contributed by atoms with Crippen molar-refractivity contribution in [2.75, 3.05) is 0 Å². The monoisotopic (exact) mass is 414 g/mol. The molecule has 168 valence electrons. The van der Waals surface area contributed by atoms with Crippen LogP contribution in [0.25, 0.3) is 0 Å². The smallest absolute Gasteiger partial charge is 0.161 e. The molecule has 0 aromatic rings. The van der Waals surface area contributed by atoms with Gasteiger partial charge in [0, 0.05) is 6.42 Å². The molecule has 3 fully saturated rings. The molecule has 2 unspecified atom stereocenters. The van der Waals surface area contributed by atoms with Gasteiger partial charge in [0.05, 0.1) is 6.10 Å². The summed E-state index contributed by atoms with van der Waals surface area (Å²) in [6.07, 6.45) is 12.4. The lowest BCUT2D eigenvalue weighted by Gasteiger charge is -2.44. The first-order valence-corrected chi connectivity index (χ1v) is 12.1. The lowest BCUT2D eigenvalue weighted by molar-refractivity contribution is -0.130. The van der Waals surface area contributed by atoms with Gasteiger partial charge in [0.1, 0.15) is 6.10 Å². The minimum absolute atomic E-state index is 0.00947. The molecular weight excluding hydrogens is 372 g/mol. The number of Topliss-reactive ketones (excluding diaryl/α,β-unsaturated/α-hetero) is 1. The first kappa shape index (κ1) is 23.5. The first-order valence-electron chi connectivity index (χ1n) is 12.1. The van der Waals surface area contributed by atoms with Crippen LogP contribution >= 0.6 is 0 Å². The first-order chi connectivity index (χ1) is 14.1. The minimum atomic E-state index is -0.829. The molecule has 6 atom stereocenters. The zero-order valence-corrected chi connectivity index (χ0v) is 19.5. The van der Waals surface area contributed by atoms with Crippen molar-refractivity contribution in [3.05, 3.63) is 35.5 Å². The van der Waals surface area contributed by atoms with Gasteiger partial charge >= 0.3 is 0 Å². The van der Waals surface area contributed by atoms with Gasteiger partial charge in [-0.1, -0.05) is 57.6 Å². The maximum Gasteiger partial charge on any atom is 0.161 e. The van der Waals surface area contributed by atoms with Crippen molar-refractivity contribution >= 4 is 5.78 Å². The third-order valence-corrected chi connectivity index (χ3v) is 8.40. The van der Waals surface area contributed by atoms with E-state index in [4.69, 9.17) is 0 Å². The molecule has 3 saturated carbocycles. The van der Waals surface area contributed by atoms with Crippen molar-refractivity contribution in [1.82, 2.24) is 0 Å². The van der Waals surface area contributed by atoms with E-state index in [1.54, 1.807) is 5.57 Å². The average molecular weight is 415 g/mol. The van der Waals surface area contributed by atoms with Gasteiger partial charge in [0.2, 0.25) is 0 Å². The fraction of sp³-hybridized carbons (Fsp3) is 0.741. The Bertz CT molecular complexity index is 716.